The highest BCUT2D eigenvalue weighted by molar-refractivity contribution is 5.70. The van der Waals surface area contributed by atoms with Crippen molar-refractivity contribution in [1.29, 1.82) is 0 Å². The van der Waals surface area contributed by atoms with E-state index in [4.69, 9.17) is 4.52 Å². The first-order chi connectivity index (χ1) is 11.7. The number of hydrogen-bond donors (Lipinski definition) is 0. The van der Waals surface area contributed by atoms with E-state index in [-0.39, 0.29) is 11.9 Å². The number of rotatable bonds is 6. The van der Waals surface area contributed by atoms with Gasteiger partial charge in [0.1, 0.15) is 17.8 Å². The Morgan fingerprint density at radius 3 is 2.96 bits per heavy atom. The molecule has 3 aromatic rings. The van der Waals surface area contributed by atoms with Crippen LogP contribution in [0, 0.1) is 5.82 Å². The number of hydrogen-bond acceptors (Lipinski definition) is 4. The van der Waals surface area contributed by atoms with Gasteiger partial charge >= 0.3 is 0 Å². The van der Waals surface area contributed by atoms with E-state index in [0.29, 0.717) is 12.2 Å². The molecule has 3 rings (SSSR count). The fraction of sp³-hybridized carbons (Fsp3) is 0.167. The molecule has 0 bridgehead atoms. The summed E-state index contributed by atoms with van der Waals surface area (Å²) in [6, 6.07) is 10.0. The van der Waals surface area contributed by atoms with Crippen LogP contribution >= 0.6 is 0 Å². The molecule has 0 amide bonds. The van der Waals surface area contributed by atoms with Crippen LogP contribution in [0.3, 0.4) is 0 Å². The molecule has 0 saturated carbocycles. The molecule has 0 fully saturated rings. The number of aliphatic imine (C=N–C) groups is 1. The second kappa shape index (κ2) is 7.04. The van der Waals surface area contributed by atoms with Crippen molar-refractivity contribution in [3.63, 3.8) is 0 Å². The van der Waals surface area contributed by atoms with Gasteiger partial charge in [-0.2, -0.15) is 5.10 Å². The second-order valence-electron chi connectivity index (χ2n) is 5.34. The highest BCUT2D eigenvalue weighted by atomic mass is 19.1. The summed E-state index contributed by atoms with van der Waals surface area (Å²) in [5.74, 6) is -0.271. The molecule has 0 aliphatic heterocycles. The van der Waals surface area contributed by atoms with Gasteiger partial charge in [0.15, 0.2) is 0 Å². The van der Waals surface area contributed by atoms with Crippen molar-refractivity contribution < 1.29 is 8.91 Å². The maximum Gasteiger partial charge on any atom is 0.131 e. The van der Waals surface area contributed by atoms with Gasteiger partial charge in [0.05, 0.1) is 24.0 Å². The fourth-order valence-corrected chi connectivity index (χ4v) is 2.39. The van der Waals surface area contributed by atoms with Crippen molar-refractivity contribution in [2.75, 3.05) is 0 Å². The first-order valence-corrected chi connectivity index (χ1v) is 7.54. The van der Waals surface area contributed by atoms with Crippen molar-refractivity contribution >= 4 is 6.21 Å². The van der Waals surface area contributed by atoms with Gasteiger partial charge in [0, 0.05) is 12.3 Å². The molecule has 0 N–H and O–H groups in total. The van der Waals surface area contributed by atoms with Gasteiger partial charge in [0.25, 0.3) is 0 Å². The summed E-state index contributed by atoms with van der Waals surface area (Å²) >= 11 is 0. The Labute approximate surface area is 139 Å². The molecule has 0 saturated heterocycles. The summed E-state index contributed by atoms with van der Waals surface area (Å²) in [6.45, 7) is 6.00. The zero-order chi connectivity index (χ0) is 16.9. The highest BCUT2D eigenvalue weighted by Crippen LogP contribution is 2.24. The Morgan fingerprint density at radius 1 is 1.38 bits per heavy atom. The molecule has 0 radical (unpaired) electrons. The van der Waals surface area contributed by atoms with Crippen LogP contribution in [0.15, 0.2) is 64.8 Å². The van der Waals surface area contributed by atoms with E-state index in [0.717, 1.165) is 17.0 Å². The predicted octanol–water partition coefficient (Wildman–Crippen LogP) is 4.04. The van der Waals surface area contributed by atoms with E-state index in [1.54, 1.807) is 29.1 Å². The highest BCUT2D eigenvalue weighted by Gasteiger charge is 2.16. The summed E-state index contributed by atoms with van der Waals surface area (Å²) in [7, 11) is 0. The topological polar surface area (TPSA) is 56.2 Å². The van der Waals surface area contributed by atoms with Crippen LogP contribution in [0.2, 0.25) is 0 Å². The number of nitrogens with zero attached hydrogens (tertiary/aromatic N) is 4. The third kappa shape index (κ3) is 3.48. The molecule has 122 valence electrons. The van der Waals surface area contributed by atoms with Gasteiger partial charge in [-0.25, -0.2) is 4.39 Å². The summed E-state index contributed by atoms with van der Waals surface area (Å²) in [5.41, 5.74) is 3.08. The average Bonchev–Trinajstić information content (AvgIpc) is 3.22. The molecule has 0 aliphatic carbocycles. The minimum Gasteiger partial charge on any atom is -0.364 e. The number of aromatic nitrogens is 3. The van der Waals surface area contributed by atoms with Gasteiger partial charge in [-0.1, -0.05) is 29.9 Å². The Bertz CT molecular complexity index is 852. The van der Waals surface area contributed by atoms with Gasteiger partial charge in [-0.05, 0) is 30.7 Å². The van der Waals surface area contributed by atoms with E-state index in [9.17, 15) is 4.39 Å². The van der Waals surface area contributed by atoms with Crippen LogP contribution < -0.4 is 0 Å². The Morgan fingerprint density at radius 2 is 2.25 bits per heavy atom. The third-order valence-corrected chi connectivity index (χ3v) is 3.56. The van der Waals surface area contributed by atoms with Gasteiger partial charge in [-0.3, -0.25) is 9.67 Å². The minimum absolute atomic E-state index is 0.123. The molecule has 6 heteroatoms. The van der Waals surface area contributed by atoms with E-state index in [1.807, 2.05) is 19.1 Å². The van der Waals surface area contributed by atoms with Crippen molar-refractivity contribution in [3.8, 4) is 11.4 Å². The lowest BCUT2D eigenvalue weighted by Crippen LogP contribution is -2.05. The summed E-state index contributed by atoms with van der Waals surface area (Å²) in [6.07, 6.45) is 4.78. The predicted molar refractivity (Wildman–Crippen MR) is 90.3 cm³/mol. The SMILES string of the molecule is C=C/C=N\[C@@H](C)c1cc(-c2ccon2)n(Cc2cccc(F)c2)n1. The van der Waals surface area contributed by atoms with E-state index in [2.05, 4.69) is 21.8 Å². The zero-order valence-electron chi connectivity index (χ0n) is 13.3. The van der Waals surface area contributed by atoms with Crippen LogP contribution in [0.25, 0.3) is 11.4 Å². The lowest BCUT2D eigenvalue weighted by Gasteiger charge is -2.06. The quantitative estimate of drug-likeness (QED) is 0.643. The lowest BCUT2D eigenvalue weighted by molar-refractivity contribution is 0.421. The largest absolute Gasteiger partial charge is 0.364 e. The number of halogens is 1. The monoisotopic (exact) mass is 324 g/mol. The third-order valence-electron chi connectivity index (χ3n) is 3.56. The maximum atomic E-state index is 13.4. The molecule has 1 atom stereocenters. The first kappa shape index (κ1) is 15.9. The Kier molecular flexibility index (Phi) is 4.65. The molecule has 1 aromatic carbocycles. The smallest absolute Gasteiger partial charge is 0.131 e. The summed E-state index contributed by atoms with van der Waals surface area (Å²) < 4.78 is 20.1. The molecule has 0 spiro atoms. The van der Waals surface area contributed by atoms with E-state index >= 15 is 0 Å². The van der Waals surface area contributed by atoms with Crippen LogP contribution in [0.5, 0.6) is 0 Å². The second-order valence-corrected chi connectivity index (χ2v) is 5.34. The van der Waals surface area contributed by atoms with Crippen LogP contribution in [-0.2, 0) is 6.54 Å². The van der Waals surface area contributed by atoms with Crippen LogP contribution in [-0.4, -0.2) is 21.2 Å². The average molecular weight is 324 g/mol. The summed E-state index contributed by atoms with van der Waals surface area (Å²) in [4.78, 5) is 4.35. The van der Waals surface area contributed by atoms with Gasteiger partial charge in [-0.15, -0.1) is 0 Å². The van der Waals surface area contributed by atoms with Gasteiger partial charge in [0.2, 0.25) is 0 Å². The Hall–Kier alpha value is -3.02. The standard InChI is InChI=1S/C18H17FN4O/c1-3-8-20-13(2)17-11-18(16-7-9-24-22-16)23(21-17)12-14-5-4-6-15(19)10-14/h3-11,13H,1,12H2,2H3/b20-8-/t13-/m0/s1. The normalized spacial score (nSPS) is 12.6. The molecule has 24 heavy (non-hydrogen) atoms. The molecule has 0 unspecified atom stereocenters. The Balaban J connectivity index is 1.98. The molecular weight excluding hydrogens is 307 g/mol. The number of benzene rings is 1. The summed E-state index contributed by atoms with van der Waals surface area (Å²) in [5, 5.41) is 8.59. The van der Waals surface area contributed by atoms with Crippen LogP contribution in [0.4, 0.5) is 4.39 Å². The molecule has 2 aromatic heterocycles. The van der Waals surface area contributed by atoms with E-state index in [1.165, 1.54) is 18.4 Å². The van der Waals surface area contributed by atoms with Crippen LogP contribution in [0.1, 0.15) is 24.2 Å². The van der Waals surface area contributed by atoms with Crippen molar-refractivity contribution in [2.24, 2.45) is 4.99 Å². The van der Waals surface area contributed by atoms with Crippen molar-refractivity contribution in [3.05, 3.63) is 72.4 Å². The minimum atomic E-state index is -0.271. The van der Waals surface area contributed by atoms with Crippen molar-refractivity contribution in [1.82, 2.24) is 14.9 Å². The zero-order valence-corrected chi connectivity index (χ0v) is 13.3. The van der Waals surface area contributed by atoms with E-state index < -0.39 is 0 Å². The van der Waals surface area contributed by atoms with Gasteiger partial charge < -0.3 is 4.52 Å². The lowest BCUT2D eigenvalue weighted by atomic mass is 10.2. The molecule has 0 aliphatic rings. The number of allylic oxidation sites excluding steroid dienone is 1. The first-order valence-electron chi connectivity index (χ1n) is 7.54. The molecule has 2 heterocycles. The fourth-order valence-electron chi connectivity index (χ4n) is 2.39. The molecule has 5 nitrogen and oxygen atoms in total. The molecular formula is C18H17FN4O. The van der Waals surface area contributed by atoms with Crippen molar-refractivity contribution in [2.45, 2.75) is 19.5 Å². The maximum absolute atomic E-state index is 13.4.